The molecule has 1 aliphatic heterocycles. The lowest BCUT2D eigenvalue weighted by molar-refractivity contribution is 0.0746. The number of carbonyl (C=O) groups excluding carboxylic acids is 1. The molecule has 0 aliphatic carbocycles. The van der Waals surface area contributed by atoms with E-state index in [9.17, 15) is 4.79 Å². The van der Waals surface area contributed by atoms with Crippen LogP contribution in [0.1, 0.15) is 10.4 Å². The molecule has 1 amide bonds. The van der Waals surface area contributed by atoms with Gasteiger partial charge in [0.15, 0.2) is 0 Å². The van der Waals surface area contributed by atoms with Crippen molar-refractivity contribution in [1.82, 2.24) is 19.4 Å². The quantitative estimate of drug-likeness (QED) is 0.714. The van der Waals surface area contributed by atoms with Crippen LogP contribution >= 0.6 is 11.6 Å². The number of nitrogens with zero attached hydrogens (tertiary/aromatic N) is 5. The maximum atomic E-state index is 12.6. The molecule has 6 nitrogen and oxygen atoms in total. The molecular formula is C19H18ClN5O. The third-order valence-electron chi connectivity index (χ3n) is 4.49. The van der Waals surface area contributed by atoms with E-state index in [1.54, 1.807) is 30.6 Å². The molecule has 4 rings (SSSR count). The number of anilines is 1. The Bertz CT molecular complexity index is 887. The Morgan fingerprint density at radius 3 is 2.27 bits per heavy atom. The Balaban J connectivity index is 1.43. The number of hydrogen-bond donors (Lipinski definition) is 0. The molecule has 1 fully saturated rings. The van der Waals surface area contributed by atoms with Gasteiger partial charge in [-0.2, -0.15) is 0 Å². The SMILES string of the molecule is O=C(c1ccc(Cl)cc1)N1CCN(c2cc(-n3cccc3)ncn2)CC1. The molecule has 0 saturated carbocycles. The fourth-order valence-corrected chi connectivity index (χ4v) is 3.18. The number of amides is 1. The van der Waals surface area contributed by atoms with Gasteiger partial charge in [0.25, 0.3) is 5.91 Å². The van der Waals surface area contributed by atoms with E-state index in [-0.39, 0.29) is 5.91 Å². The molecule has 7 heteroatoms. The van der Waals surface area contributed by atoms with Gasteiger partial charge in [-0.15, -0.1) is 0 Å². The first-order valence-corrected chi connectivity index (χ1v) is 8.84. The zero-order valence-corrected chi connectivity index (χ0v) is 14.9. The lowest BCUT2D eigenvalue weighted by atomic mass is 10.2. The first kappa shape index (κ1) is 16.6. The van der Waals surface area contributed by atoms with E-state index in [2.05, 4.69) is 14.9 Å². The second-order valence-electron chi connectivity index (χ2n) is 6.11. The zero-order chi connectivity index (χ0) is 17.9. The Hall–Kier alpha value is -2.86. The summed E-state index contributed by atoms with van der Waals surface area (Å²) >= 11 is 5.89. The van der Waals surface area contributed by atoms with Crippen molar-refractivity contribution in [3.8, 4) is 5.82 Å². The highest BCUT2D eigenvalue weighted by Crippen LogP contribution is 2.18. The molecule has 26 heavy (non-hydrogen) atoms. The van der Waals surface area contributed by atoms with Crippen LogP contribution in [0.3, 0.4) is 0 Å². The molecule has 0 unspecified atom stereocenters. The topological polar surface area (TPSA) is 54.3 Å². The summed E-state index contributed by atoms with van der Waals surface area (Å²) in [5.41, 5.74) is 0.666. The first-order valence-electron chi connectivity index (χ1n) is 8.46. The number of carbonyl (C=O) groups is 1. The van der Waals surface area contributed by atoms with Crippen LogP contribution in [0.5, 0.6) is 0 Å². The monoisotopic (exact) mass is 367 g/mol. The number of aromatic nitrogens is 3. The average molecular weight is 368 g/mol. The van der Waals surface area contributed by atoms with E-state index in [0.29, 0.717) is 23.7 Å². The normalized spacial score (nSPS) is 14.5. The van der Waals surface area contributed by atoms with Crippen molar-refractivity contribution in [2.45, 2.75) is 0 Å². The van der Waals surface area contributed by atoms with Crippen LogP contribution in [0.15, 0.2) is 61.2 Å². The van der Waals surface area contributed by atoms with Gasteiger partial charge in [0.05, 0.1) is 0 Å². The number of piperazine rings is 1. The molecule has 1 saturated heterocycles. The molecule has 0 radical (unpaired) electrons. The highest BCUT2D eigenvalue weighted by molar-refractivity contribution is 6.30. The smallest absolute Gasteiger partial charge is 0.253 e. The van der Waals surface area contributed by atoms with Gasteiger partial charge in [-0.25, -0.2) is 9.97 Å². The molecule has 1 aromatic carbocycles. The predicted molar refractivity (Wildman–Crippen MR) is 101 cm³/mol. The molecule has 3 heterocycles. The van der Waals surface area contributed by atoms with Gasteiger partial charge in [0, 0.05) is 55.2 Å². The van der Waals surface area contributed by atoms with Crippen molar-refractivity contribution in [2.75, 3.05) is 31.1 Å². The van der Waals surface area contributed by atoms with Crippen molar-refractivity contribution in [1.29, 1.82) is 0 Å². The molecule has 0 N–H and O–H groups in total. The highest BCUT2D eigenvalue weighted by Gasteiger charge is 2.23. The van der Waals surface area contributed by atoms with Crippen molar-refractivity contribution in [2.24, 2.45) is 0 Å². The lowest BCUT2D eigenvalue weighted by Crippen LogP contribution is -2.49. The van der Waals surface area contributed by atoms with Gasteiger partial charge in [-0.05, 0) is 36.4 Å². The summed E-state index contributed by atoms with van der Waals surface area (Å²) in [7, 11) is 0. The Kier molecular flexibility index (Phi) is 4.58. The minimum absolute atomic E-state index is 0.0389. The molecule has 2 aromatic heterocycles. The summed E-state index contributed by atoms with van der Waals surface area (Å²) in [6.07, 6.45) is 5.49. The van der Waals surface area contributed by atoms with Crippen LogP contribution in [0.25, 0.3) is 5.82 Å². The van der Waals surface area contributed by atoms with Gasteiger partial charge >= 0.3 is 0 Å². The largest absolute Gasteiger partial charge is 0.353 e. The van der Waals surface area contributed by atoms with E-state index in [4.69, 9.17) is 11.6 Å². The van der Waals surface area contributed by atoms with E-state index in [1.807, 2.05) is 40.1 Å². The summed E-state index contributed by atoms with van der Waals surface area (Å²) in [5, 5.41) is 0.633. The maximum Gasteiger partial charge on any atom is 0.253 e. The van der Waals surface area contributed by atoms with Crippen LogP contribution in [0, 0.1) is 0 Å². The molecule has 3 aromatic rings. The third-order valence-corrected chi connectivity index (χ3v) is 4.74. The summed E-state index contributed by atoms with van der Waals surface area (Å²) in [6, 6.07) is 12.9. The van der Waals surface area contributed by atoms with Crippen molar-refractivity contribution < 1.29 is 4.79 Å². The summed E-state index contributed by atoms with van der Waals surface area (Å²) in [4.78, 5) is 25.4. The average Bonchev–Trinajstić information content (AvgIpc) is 3.23. The van der Waals surface area contributed by atoms with Gasteiger partial charge in [-0.1, -0.05) is 11.6 Å². The number of benzene rings is 1. The predicted octanol–water partition coefficient (Wildman–Crippen LogP) is 2.88. The van der Waals surface area contributed by atoms with Gasteiger partial charge in [-0.3, -0.25) is 4.79 Å². The van der Waals surface area contributed by atoms with Gasteiger partial charge in [0.2, 0.25) is 0 Å². The number of hydrogen-bond acceptors (Lipinski definition) is 4. The standard InChI is InChI=1S/C19H18ClN5O/c20-16-5-3-15(4-6-16)19(26)25-11-9-24(10-12-25)18-13-17(21-14-22-18)23-7-1-2-8-23/h1-8,13-14H,9-12H2. The molecule has 0 spiro atoms. The van der Waals surface area contributed by atoms with E-state index in [0.717, 1.165) is 24.7 Å². The zero-order valence-electron chi connectivity index (χ0n) is 14.1. The van der Waals surface area contributed by atoms with Crippen molar-refractivity contribution in [3.63, 3.8) is 0 Å². The number of halogens is 1. The van der Waals surface area contributed by atoms with Crippen LogP contribution in [-0.2, 0) is 0 Å². The molecule has 132 valence electrons. The molecule has 0 atom stereocenters. The van der Waals surface area contributed by atoms with E-state index < -0.39 is 0 Å². The summed E-state index contributed by atoms with van der Waals surface area (Å²) < 4.78 is 1.95. The van der Waals surface area contributed by atoms with Crippen molar-refractivity contribution >= 4 is 23.3 Å². The third kappa shape index (κ3) is 3.41. The highest BCUT2D eigenvalue weighted by atomic mass is 35.5. The molecular weight excluding hydrogens is 350 g/mol. The van der Waals surface area contributed by atoms with Crippen LogP contribution in [-0.4, -0.2) is 51.5 Å². The second-order valence-corrected chi connectivity index (χ2v) is 6.55. The number of rotatable bonds is 3. The van der Waals surface area contributed by atoms with E-state index >= 15 is 0 Å². The van der Waals surface area contributed by atoms with Gasteiger partial charge in [0.1, 0.15) is 18.0 Å². The first-order chi connectivity index (χ1) is 12.7. The minimum atomic E-state index is 0.0389. The fourth-order valence-electron chi connectivity index (χ4n) is 3.05. The summed E-state index contributed by atoms with van der Waals surface area (Å²) in [6.45, 7) is 2.79. The maximum absolute atomic E-state index is 12.6. The van der Waals surface area contributed by atoms with Crippen LogP contribution in [0.2, 0.25) is 5.02 Å². The minimum Gasteiger partial charge on any atom is -0.353 e. The Labute approximate surface area is 156 Å². The fraction of sp³-hybridized carbons (Fsp3) is 0.211. The van der Waals surface area contributed by atoms with Crippen molar-refractivity contribution in [3.05, 3.63) is 71.8 Å². The summed E-state index contributed by atoms with van der Waals surface area (Å²) in [5.74, 6) is 1.75. The molecule has 1 aliphatic rings. The second kappa shape index (κ2) is 7.17. The Morgan fingerprint density at radius 2 is 1.58 bits per heavy atom. The molecule has 0 bridgehead atoms. The van der Waals surface area contributed by atoms with Crippen LogP contribution in [0.4, 0.5) is 5.82 Å². The van der Waals surface area contributed by atoms with Gasteiger partial charge < -0.3 is 14.4 Å². The lowest BCUT2D eigenvalue weighted by Gasteiger charge is -2.35. The van der Waals surface area contributed by atoms with Crippen LogP contribution < -0.4 is 4.90 Å². The Morgan fingerprint density at radius 1 is 0.923 bits per heavy atom. The van der Waals surface area contributed by atoms with E-state index in [1.165, 1.54) is 0 Å².